The van der Waals surface area contributed by atoms with Crippen molar-refractivity contribution >= 4 is 46.7 Å². The van der Waals surface area contributed by atoms with Crippen LogP contribution in [0, 0.1) is 5.92 Å². The number of hydrogen-bond acceptors (Lipinski definition) is 8. The van der Waals surface area contributed by atoms with E-state index in [2.05, 4.69) is 47.6 Å². The highest BCUT2D eigenvalue weighted by Crippen LogP contribution is 2.21. The van der Waals surface area contributed by atoms with Crippen molar-refractivity contribution in [3.63, 3.8) is 0 Å². The summed E-state index contributed by atoms with van der Waals surface area (Å²) in [4.78, 5) is 47.7. The van der Waals surface area contributed by atoms with Crippen molar-refractivity contribution in [3.05, 3.63) is 45.9 Å². The van der Waals surface area contributed by atoms with E-state index in [-0.39, 0.29) is 35.7 Å². The second-order valence-corrected chi connectivity index (χ2v) is 13.6. The Hall–Kier alpha value is -2.63. The van der Waals surface area contributed by atoms with Gasteiger partial charge >= 0.3 is 0 Å². The number of likely N-dealkylation sites (N-methyl/N-ethyl adjacent to an activating group) is 1. The molecule has 1 saturated heterocycles. The number of nitrogens with zero attached hydrogens (tertiary/aromatic N) is 3. The highest BCUT2D eigenvalue weighted by atomic mass is 32.2. The number of carbonyl (C=O) groups is 3. The van der Waals surface area contributed by atoms with Gasteiger partial charge in [-0.25, -0.2) is 4.98 Å². The van der Waals surface area contributed by atoms with Crippen LogP contribution in [0.3, 0.4) is 0 Å². The van der Waals surface area contributed by atoms with Gasteiger partial charge in [0.2, 0.25) is 11.8 Å². The van der Waals surface area contributed by atoms with Gasteiger partial charge in [-0.1, -0.05) is 59.1 Å². The third-order valence-corrected chi connectivity index (χ3v) is 9.43. The van der Waals surface area contributed by atoms with E-state index in [4.69, 9.17) is 5.73 Å². The summed E-state index contributed by atoms with van der Waals surface area (Å²) in [5.74, 6) is 0.352. The van der Waals surface area contributed by atoms with Crippen molar-refractivity contribution in [2.75, 3.05) is 25.9 Å². The van der Waals surface area contributed by atoms with Gasteiger partial charge < -0.3 is 16.0 Å². The third kappa shape index (κ3) is 12.0. The second kappa shape index (κ2) is 19.7. The maximum absolute atomic E-state index is 13.5. The monoisotopic (exact) mass is 646 g/mol. The molecular formula is C33H54N6O3S2. The predicted octanol–water partition coefficient (Wildman–Crippen LogP) is 5.90. The largest absolute Gasteiger partial charge is 0.399 e. The maximum atomic E-state index is 13.5. The molecule has 1 aliphatic rings. The van der Waals surface area contributed by atoms with E-state index in [0.29, 0.717) is 36.5 Å². The van der Waals surface area contributed by atoms with Crippen LogP contribution >= 0.6 is 23.3 Å². The van der Waals surface area contributed by atoms with Crippen LogP contribution in [0.5, 0.6) is 0 Å². The molecule has 0 bridgehead atoms. The fraction of sp³-hybridized carbons (Fsp3) is 0.636. The summed E-state index contributed by atoms with van der Waals surface area (Å²) < 4.78 is 2.84. The molecule has 246 valence electrons. The van der Waals surface area contributed by atoms with E-state index >= 15 is 0 Å². The summed E-state index contributed by atoms with van der Waals surface area (Å²) in [5.41, 5.74) is 7.90. The Morgan fingerprint density at radius 3 is 2.45 bits per heavy atom. The first kappa shape index (κ1) is 37.6. The number of nitrogens with two attached hydrogens (primary N) is 1. The molecule has 44 heavy (non-hydrogen) atoms. The zero-order valence-corrected chi connectivity index (χ0v) is 29.4. The van der Waals surface area contributed by atoms with Gasteiger partial charge in [0.1, 0.15) is 11.7 Å². The Balaban J connectivity index is 0.00000216. The zero-order chi connectivity index (χ0) is 32.6. The number of nitrogen functional groups attached to an aromatic ring is 1. The van der Waals surface area contributed by atoms with E-state index in [1.165, 1.54) is 29.7 Å². The number of anilines is 1. The van der Waals surface area contributed by atoms with E-state index < -0.39 is 6.04 Å². The summed E-state index contributed by atoms with van der Waals surface area (Å²) in [5, 5.41) is 5.75. The molecule has 1 aliphatic heterocycles. The number of aromatic nitrogens is 1. The molecule has 1 fully saturated rings. The van der Waals surface area contributed by atoms with Gasteiger partial charge in [-0.3, -0.25) is 24.0 Å². The average molecular weight is 647 g/mol. The summed E-state index contributed by atoms with van der Waals surface area (Å²) in [6.45, 7) is 14.0. The number of carbonyl (C=O) groups excluding carboxylic acids is 3. The van der Waals surface area contributed by atoms with Crippen LogP contribution in [0.1, 0.15) is 101 Å². The third-order valence-electron chi connectivity index (χ3n) is 7.72. The van der Waals surface area contributed by atoms with Crippen LogP contribution in [0.4, 0.5) is 5.69 Å². The first-order valence-corrected chi connectivity index (χ1v) is 17.9. The van der Waals surface area contributed by atoms with Crippen molar-refractivity contribution in [2.45, 2.75) is 110 Å². The number of hydrogen-bond donors (Lipinski definition) is 3. The van der Waals surface area contributed by atoms with Gasteiger partial charge in [0.15, 0.2) is 0 Å². The summed E-state index contributed by atoms with van der Waals surface area (Å²) >= 11 is 2.77. The molecule has 3 amide bonds. The first-order valence-electron chi connectivity index (χ1n) is 16.0. The summed E-state index contributed by atoms with van der Waals surface area (Å²) in [6, 6.07) is 7.12. The predicted molar refractivity (Wildman–Crippen MR) is 185 cm³/mol. The van der Waals surface area contributed by atoms with E-state index in [1.807, 2.05) is 38.1 Å². The first-order chi connectivity index (χ1) is 21.0. The minimum absolute atomic E-state index is 0.0305. The van der Waals surface area contributed by atoms with Crippen molar-refractivity contribution in [2.24, 2.45) is 5.92 Å². The van der Waals surface area contributed by atoms with Crippen LogP contribution in [-0.4, -0.2) is 70.8 Å². The molecular weight excluding hydrogens is 593 g/mol. The number of benzene rings is 1. The van der Waals surface area contributed by atoms with E-state index in [1.54, 1.807) is 17.3 Å². The number of rotatable bonds is 14. The lowest BCUT2D eigenvalue weighted by Gasteiger charge is -2.38. The SMILES string of the molecule is CCC.CCC(C)C(NC(=O)C1CCCCN1C(C)C)C(=O)N(C)CCCc1nc(C(=O)NSCc2ccc(N)cc2)cs1. The van der Waals surface area contributed by atoms with Crippen molar-refractivity contribution in [1.29, 1.82) is 0 Å². The molecule has 3 unspecified atom stereocenters. The highest BCUT2D eigenvalue weighted by molar-refractivity contribution is 7.97. The number of aryl methyl sites for hydroxylation is 1. The molecule has 11 heteroatoms. The molecule has 2 heterocycles. The molecule has 1 aromatic heterocycles. The average Bonchev–Trinajstić information content (AvgIpc) is 3.49. The maximum Gasteiger partial charge on any atom is 0.280 e. The zero-order valence-electron chi connectivity index (χ0n) is 27.7. The minimum Gasteiger partial charge on any atom is -0.399 e. The fourth-order valence-corrected chi connectivity index (χ4v) is 6.47. The van der Waals surface area contributed by atoms with E-state index in [0.717, 1.165) is 42.8 Å². The Labute approximate surface area is 273 Å². The standard InChI is InChI=1S/C30H46N6O3S2.C3H8/c1-6-21(4)27(33-29(38)25-10-7-8-17-36(25)20(2)3)30(39)35(5)16-9-11-26-32-24(19-40-26)28(37)34-41-18-22-12-14-23(31)15-13-22;1-3-2/h12-15,19-21,25,27H,6-11,16-18,31H2,1-5H3,(H,33,38)(H,34,37);3H2,1-2H3. The van der Waals surface area contributed by atoms with Gasteiger partial charge in [0, 0.05) is 42.9 Å². The lowest BCUT2D eigenvalue weighted by atomic mass is 9.95. The summed E-state index contributed by atoms with van der Waals surface area (Å²) in [6.07, 6.45) is 6.40. The van der Waals surface area contributed by atoms with Crippen molar-refractivity contribution in [3.8, 4) is 0 Å². The number of likely N-dealkylation sites (tertiary alicyclic amines) is 1. The molecule has 0 saturated carbocycles. The number of nitrogens with one attached hydrogen (secondary N) is 2. The fourth-order valence-electron chi connectivity index (χ4n) is 4.98. The van der Waals surface area contributed by atoms with Gasteiger partial charge in [-0.05, 0) is 75.2 Å². The Morgan fingerprint density at radius 1 is 1.14 bits per heavy atom. The molecule has 0 radical (unpaired) electrons. The van der Waals surface area contributed by atoms with Crippen LogP contribution < -0.4 is 15.8 Å². The quantitative estimate of drug-likeness (QED) is 0.173. The smallest absolute Gasteiger partial charge is 0.280 e. The number of piperidine rings is 1. The van der Waals surface area contributed by atoms with Crippen molar-refractivity contribution < 1.29 is 14.4 Å². The minimum atomic E-state index is -0.547. The Morgan fingerprint density at radius 2 is 1.82 bits per heavy atom. The second-order valence-electron chi connectivity index (χ2n) is 11.9. The molecule has 3 atom stereocenters. The molecule has 3 rings (SSSR count). The number of amides is 3. The van der Waals surface area contributed by atoms with Crippen LogP contribution in [0.15, 0.2) is 29.6 Å². The summed E-state index contributed by atoms with van der Waals surface area (Å²) in [7, 11) is 1.80. The van der Waals surface area contributed by atoms with Gasteiger partial charge in [0.05, 0.1) is 11.0 Å². The molecule has 2 aromatic rings. The van der Waals surface area contributed by atoms with Crippen LogP contribution in [0.25, 0.3) is 0 Å². The Kier molecular flexibility index (Phi) is 16.8. The molecule has 0 aliphatic carbocycles. The lowest BCUT2D eigenvalue weighted by Crippen LogP contribution is -2.58. The molecule has 0 spiro atoms. The van der Waals surface area contributed by atoms with E-state index in [9.17, 15) is 14.4 Å². The Bertz CT molecular complexity index is 1160. The van der Waals surface area contributed by atoms with Crippen LogP contribution in [0.2, 0.25) is 0 Å². The van der Waals surface area contributed by atoms with Gasteiger partial charge in [-0.2, -0.15) is 0 Å². The number of thiazole rings is 1. The lowest BCUT2D eigenvalue weighted by molar-refractivity contribution is -0.139. The topological polar surface area (TPSA) is 121 Å². The van der Waals surface area contributed by atoms with Gasteiger partial charge in [0.25, 0.3) is 5.91 Å². The highest BCUT2D eigenvalue weighted by Gasteiger charge is 2.35. The normalized spacial score (nSPS) is 16.4. The van der Waals surface area contributed by atoms with Crippen LogP contribution in [-0.2, 0) is 21.8 Å². The molecule has 9 nitrogen and oxygen atoms in total. The molecule has 1 aromatic carbocycles. The van der Waals surface area contributed by atoms with Crippen molar-refractivity contribution in [1.82, 2.24) is 24.8 Å². The van der Waals surface area contributed by atoms with Gasteiger partial charge in [-0.15, -0.1) is 11.3 Å². The molecule has 4 N–H and O–H groups in total.